The molecule has 0 heterocycles. The van der Waals surface area contributed by atoms with E-state index in [1.54, 1.807) is 0 Å². The topological polar surface area (TPSA) is 55.8 Å². The molecular weight excluding hydrogens is 372 g/mol. The van der Waals surface area contributed by atoms with Crippen LogP contribution < -0.4 is 0 Å². The van der Waals surface area contributed by atoms with Gasteiger partial charge in [-0.05, 0) is 36.3 Å². The maximum absolute atomic E-state index is 12.2. The van der Waals surface area contributed by atoms with Crippen LogP contribution in [-0.2, 0) is 13.6 Å². The highest BCUT2D eigenvalue weighted by Crippen LogP contribution is 2.43. The fraction of sp³-hybridized carbons (Fsp3) is 0.857. The van der Waals surface area contributed by atoms with Gasteiger partial charge in [0.1, 0.15) is 5.78 Å². The summed E-state index contributed by atoms with van der Waals surface area (Å²) in [7, 11) is -4.13. The second kappa shape index (κ2) is 8.13. The molecule has 2 atom stereocenters. The van der Waals surface area contributed by atoms with Crippen LogP contribution in [0.15, 0.2) is 11.3 Å². The number of rotatable bonds is 5. The minimum Gasteiger partial charge on any atom is -0.546 e. The summed E-state index contributed by atoms with van der Waals surface area (Å²) in [5.74, 6) is 0.906. The SMILES string of the molecule is CC/C(O[Si](C)(C)C(C)(C)C)=C1\[C@H](O)CC(=O)C[C@H]1O[Si](C)(C)C(C)(C)C. The molecule has 1 N–H and O–H groups in total. The number of Topliss-reactive ketones (excluding diaryl/α,β-unsaturated/α-hetero) is 1. The molecule has 1 aliphatic rings. The molecule has 1 rings (SSSR count). The summed E-state index contributed by atoms with van der Waals surface area (Å²) < 4.78 is 13.2. The molecule has 4 nitrogen and oxygen atoms in total. The van der Waals surface area contributed by atoms with Gasteiger partial charge in [0.05, 0.1) is 18.0 Å². The van der Waals surface area contributed by atoms with Crippen LogP contribution in [0, 0.1) is 0 Å². The van der Waals surface area contributed by atoms with Crippen LogP contribution in [0.3, 0.4) is 0 Å². The zero-order valence-corrected chi connectivity index (χ0v) is 21.4. The molecule has 27 heavy (non-hydrogen) atoms. The molecule has 0 aromatic rings. The zero-order chi connectivity index (χ0) is 21.4. The summed E-state index contributed by atoms with van der Waals surface area (Å²) >= 11 is 0. The Hall–Kier alpha value is -0.436. The second-order valence-corrected chi connectivity index (χ2v) is 20.4. The second-order valence-electron chi connectivity index (χ2n) is 10.9. The fourth-order valence-corrected chi connectivity index (χ4v) is 5.20. The third-order valence-electron chi connectivity index (χ3n) is 6.61. The Balaban J connectivity index is 3.37. The van der Waals surface area contributed by atoms with Gasteiger partial charge in [-0.15, -0.1) is 0 Å². The van der Waals surface area contributed by atoms with Crippen molar-refractivity contribution in [1.29, 1.82) is 0 Å². The molecule has 1 fully saturated rings. The minimum atomic E-state index is -2.09. The van der Waals surface area contributed by atoms with Gasteiger partial charge in [-0.3, -0.25) is 4.79 Å². The molecular formula is C21H42O4Si2. The van der Waals surface area contributed by atoms with Crippen LogP contribution in [0.25, 0.3) is 0 Å². The molecule has 158 valence electrons. The molecule has 0 amide bonds. The van der Waals surface area contributed by atoms with Gasteiger partial charge in [-0.2, -0.15) is 0 Å². The van der Waals surface area contributed by atoms with Crippen molar-refractivity contribution in [1.82, 2.24) is 0 Å². The molecule has 6 heteroatoms. The summed E-state index contributed by atoms with van der Waals surface area (Å²) in [6.07, 6.45) is 0.0210. The number of carbonyl (C=O) groups is 1. The quantitative estimate of drug-likeness (QED) is 0.457. The maximum Gasteiger partial charge on any atom is 0.250 e. The van der Waals surface area contributed by atoms with E-state index in [0.29, 0.717) is 12.8 Å². The lowest BCUT2D eigenvalue weighted by atomic mass is 9.87. The van der Waals surface area contributed by atoms with Crippen LogP contribution in [0.1, 0.15) is 67.7 Å². The summed E-state index contributed by atoms with van der Waals surface area (Å²) in [4.78, 5) is 12.2. The lowest BCUT2D eigenvalue weighted by Gasteiger charge is -2.43. The van der Waals surface area contributed by atoms with E-state index in [9.17, 15) is 9.90 Å². The molecule has 0 bridgehead atoms. The molecule has 1 aliphatic carbocycles. The van der Waals surface area contributed by atoms with Gasteiger partial charge in [-0.25, -0.2) is 0 Å². The smallest absolute Gasteiger partial charge is 0.250 e. The van der Waals surface area contributed by atoms with E-state index in [0.717, 1.165) is 11.3 Å². The fourth-order valence-electron chi connectivity index (χ4n) is 2.74. The highest BCUT2D eigenvalue weighted by molar-refractivity contribution is 6.74. The first-order chi connectivity index (χ1) is 11.9. The van der Waals surface area contributed by atoms with Crippen molar-refractivity contribution in [3.63, 3.8) is 0 Å². The van der Waals surface area contributed by atoms with Gasteiger partial charge >= 0.3 is 0 Å². The summed E-state index contributed by atoms with van der Waals surface area (Å²) in [6, 6.07) is 0. The van der Waals surface area contributed by atoms with Crippen LogP contribution in [-0.4, -0.2) is 39.7 Å². The maximum atomic E-state index is 12.2. The van der Waals surface area contributed by atoms with E-state index < -0.39 is 22.7 Å². The predicted molar refractivity (Wildman–Crippen MR) is 118 cm³/mol. The molecule has 0 spiro atoms. The summed E-state index contributed by atoms with van der Waals surface area (Å²) in [5.41, 5.74) is 0.812. The van der Waals surface area contributed by atoms with Crippen molar-refractivity contribution < 1.29 is 18.8 Å². The molecule has 1 saturated carbocycles. The lowest BCUT2D eigenvalue weighted by molar-refractivity contribution is -0.124. The average molecular weight is 415 g/mol. The molecule has 0 unspecified atom stereocenters. The van der Waals surface area contributed by atoms with Gasteiger partial charge in [0.15, 0.2) is 8.32 Å². The van der Waals surface area contributed by atoms with Crippen molar-refractivity contribution in [3.05, 3.63) is 11.3 Å². The van der Waals surface area contributed by atoms with Crippen LogP contribution >= 0.6 is 0 Å². The summed E-state index contributed by atoms with van der Waals surface area (Å²) in [5, 5.41) is 10.9. The van der Waals surface area contributed by atoms with Crippen LogP contribution in [0.4, 0.5) is 0 Å². The first kappa shape index (κ1) is 24.6. The first-order valence-corrected chi connectivity index (χ1v) is 16.0. The predicted octanol–water partition coefficient (Wildman–Crippen LogP) is 5.79. The van der Waals surface area contributed by atoms with Gasteiger partial charge in [-0.1, -0.05) is 48.5 Å². The number of allylic oxidation sites excluding steroid dienone is 1. The van der Waals surface area contributed by atoms with Gasteiger partial charge in [0.25, 0.3) is 0 Å². The minimum absolute atomic E-state index is 0.0379. The Kier molecular flexibility index (Phi) is 7.41. The first-order valence-electron chi connectivity index (χ1n) is 10.2. The monoisotopic (exact) mass is 414 g/mol. The number of aliphatic hydroxyl groups excluding tert-OH is 1. The molecule has 0 aromatic carbocycles. The third kappa shape index (κ3) is 5.78. The Morgan fingerprint density at radius 2 is 1.48 bits per heavy atom. The molecule has 0 aliphatic heterocycles. The van der Waals surface area contributed by atoms with E-state index >= 15 is 0 Å². The third-order valence-corrected chi connectivity index (χ3v) is 15.5. The number of ketones is 1. The van der Waals surface area contributed by atoms with E-state index in [1.807, 2.05) is 0 Å². The average Bonchev–Trinajstić information content (AvgIpc) is 2.42. The Morgan fingerprint density at radius 1 is 1.00 bits per heavy atom. The highest BCUT2D eigenvalue weighted by Gasteiger charge is 2.45. The highest BCUT2D eigenvalue weighted by atomic mass is 28.4. The van der Waals surface area contributed by atoms with E-state index in [2.05, 4.69) is 74.7 Å². The van der Waals surface area contributed by atoms with Crippen molar-refractivity contribution >= 4 is 22.4 Å². The Labute approximate surface area is 169 Å². The number of aliphatic hydroxyl groups is 1. The number of hydrogen-bond donors (Lipinski definition) is 1. The van der Waals surface area contributed by atoms with Crippen molar-refractivity contribution in [2.75, 3.05) is 0 Å². The Morgan fingerprint density at radius 3 is 1.89 bits per heavy atom. The van der Waals surface area contributed by atoms with Crippen LogP contribution in [0.5, 0.6) is 0 Å². The Bertz CT molecular complexity index is 580. The van der Waals surface area contributed by atoms with Gasteiger partial charge < -0.3 is 14.0 Å². The standard InChI is InChI=1S/C21H42O4Si2/c1-12-17(24-26(8,9)20(2,3)4)19-16(23)13-15(22)14-18(19)25-27(10,11)21(5,6)7/h16,18,23H,12-14H2,1-11H3/b19-17-/t16-,18-/m1/s1. The van der Waals surface area contributed by atoms with E-state index in [1.165, 1.54) is 0 Å². The molecule has 0 radical (unpaired) electrons. The van der Waals surface area contributed by atoms with Crippen LogP contribution in [0.2, 0.25) is 36.3 Å². The van der Waals surface area contributed by atoms with Crippen molar-refractivity contribution in [3.8, 4) is 0 Å². The van der Waals surface area contributed by atoms with Crippen molar-refractivity contribution in [2.45, 2.75) is 116 Å². The number of carbonyl (C=O) groups excluding carboxylic acids is 1. The van der Waals surface area contributed by atoms with Crippen molar-refractivity contribution in [2.24, 2.45) is 0 Å². The summed E-state index contributed by atoms with van der Waals surface area (Å²) in [6.45, 7) is 24.1. The molecule has 0 saturated heterocycles. The van der Waals surface area contributed by atoms with Gasteiger partial charge in [0.2, 0.25) is 8.32 Å². The molecule has 0 aromatic heterocycles. The zero-order valence-electron chi connectivity index (χ0n) is 19.4. The van der Waals surface area contributed by atoms with E-state index in [4.69, 9.17) is 8.85 Å². The van der Waals surface area contributed by atoms with E-state index in [-0.39, 0.29) is 28.4 Å². The number of hydrogen-bond acceptors (Lipinski definition) is 4. The lowest BCUT2D eigenvalue weighted by Crippen LogP contribution is -2.48. The van der Waals surface area contributed by atoms with Gasteiger partial charge in [0, 0.05) is 24.8 Å². The normalized spacial score (nSPS) is 24.8. The largest absolute Gasteiger partial charge is 0.546 e.